The highest BCUT2D eigenvalue weighted by Gasteiger charge is 2.24. The molecule has 0 N–H and O–H groups in total. The second-order valence-electron chi connectivity index (χ2n) is 5.71. The summed E-state index contributed by atoms with van der Waals surface area (Å²) in [4.78, 5) is 0. The third-order valence-electron chi connectivity index (χ3n) is 3.94. The molecule has 0 rings (SSSR count). The van der Waals surface area contributed by atoms with E-state index in [9.17, 15) is 0 Å². The molecule has 3 nitrogen and oxygen atoms in total. The number of nitrogens with zero attached hydrogens (tertiary/aromatic N) is 1. The molecule has 0 spiro atoms. The lowest BCUT2D eigenvalue weighted by Gasteiger charge is -2.39. The van der Waals surface area contributed by atoms with E-state index in [-0.39, 0.29) is 0 Å². The molecule has 124 valence electrons. The van der Waals surface area contributed by atoms with Gasteiger partial charge in [0.2, 0.25) is 0 Å². The van der Waals surface area contributed by atoms with E-state index in [1.54, 1.807) is 0 Å². The van der Waals surface area contributed by atoms with Gasteiger partial charge < -0.3 is 13.8 Å². The second kappa shape index (κ2) is 17.2. The monoisotopic (exact) mass is 309 g/mol. The Bertz CT molecular complexity index is 142. The summed E-state index contributed by atoms with van der Waals surface area (Å²) in [6, 6.07) is 0. The van der Waals surface area contributed by atoms with E-state index in [0.717, 1.165) is 0 Å². The highest BCUT2D eigenvalue weighted by Crippen LogP contribution is 2.16. The van der Waals surface area contributed by atoms with Crippen molar-refractivity contribution in [3.8, 4) is 0 Å². The van der Waals surface area contributed by atoms with Gasteiger partial charge in [-0.05, 0) is 25.7 Å². The Morgan fingerprint density at radius 3 is 0.950 bits per heavy atom. The summed E-state index contributed by atoms with van der Waals surface area (Å²) in [6.07, 6.45) is 11.1. The number of quaternary nitrogens is 1. The van der Waals surface area contributed by atoms with E-state index in [2.05, 4.69) is 27.7 Å². The Hall–Kier alpha value is 0.170. The van der Waals surface area contributed by atoms with E-state index >= 15 is 0 Å². The molecule has 0 bridgehead atoms. The van der Waals surface area contributed by atoms with Gasteiger partial charge in [0, 0.05) is 0 Å². The summed E-state index contributed by atoms with van der Waals surface area (Å²) in [5.41, 5.74) is 0. The van der Waals surface area contributed by atoms with Crippen LogP contribution in [0.4, 0.5) is 0 Å². The summed E-state index contributed by atoms with van der Waals surface area (Å²) in [7, 11) is 0. The van der Waals surface area contributed by atoms with Crippen LogP contribution in [0.5, 0.6) is 0 Å². The van der Waals surface area contributed by atoms with Crippen LogP contribution in [-0.4, -0.2) is 30.7 Å². The van der Waals surface area contributed by atoms with E-state index in [1.807, 2.05) is 0 Å². The van der Waals surface area contributed by atoms with Gasteiger partial charge in [-0.15, -0.1) is 0 Å². The number of halogens is 1. The van der Waals surface area contributed by atoms with Crippen LogP contribution in [0.1, 0.15) is 79.1 Å². The van der Waals surface area contributed by atoms with Crippen LogP contribution in [0.15, 0.2) is 0 Å². The van der Waals surface area contributed by atoms with Crippen molar-refractivity contribution < 1.29 is 25.1 Å². The van der Waals surface area contributed by atoms with E-state index in [1.165, 1.54) is 82.0 Å². The van der Waals surface area contributed by atoms with Gasteiger partial charge in [0.25, 0.3) is 0 Å². The fraction of sp³-hybridized carbons (Fsp3) is 1.00. The zero-order chi connectivity index (χ0) is 15.7. The van der Waals surface area contributed by atoms with Gasteiger partial charge in [-0.2, -0.15) is 0 Å². The maximum atomic E-state index is 8.24. The van der Waals surface area contributed by atoms with Gasteiger partial charge in [-0.3, -0.25) is 0 Å². The van der Waals surface area contributed by atoms with Crippen molar-refractivity contribution in [3.05, 3.63) is 0 Å². The highest BCUT2D eigenvalue weighted by molar-refractivity contribution is 4.49. The third kappa shape index (κ3) is 13.2. The molecule has 20 heavy (non-hydrogen) atoms. The largest absolute Gasteiger partial charge is 0.544 e. The summed E-state index contributed by atoms with van der Waals surface area (Å²) >= 11 is -0.417. The molecule has 0 saturated heterocycles. The van der Waals surface area contributed by atoms with E-state index in [0.29, 0.717) is 0 Å². The molecule has 4 heteroatoms. The van der Waals surface area contributed by atoms with Gasteiger partial charge in [-0.1, -0.05) is 53.4 Å². The standard InChI is InChI=1S/C16H36N.ClO2/c1-5-9-13-17(14-10-6-2,15-11-7-3)16-12-8-4;2-1-3/h5-16H2,1-4H3;/q+1;-1. The quantitative estimate of drug-likeness (QED) is 0.520. The fourth-order valence-electron chi connectivity index (χ4n) is 2.64. The van der Waals surface area contributed by atoms with Crippen LogP contribution >= 0.6 is 0 Å². The van der Waals surface area contributed by atoms with E-state index < -0.39 is 11.3 Å². The maximum absolute atomic E-state index is 8.24. The Kier molecular flexibility index (Phi) is 19.3. The predicted octanol–water partition coefficient (Wildman–Crippen LogP) is 2.63. The van der Waals surface area contributed by atoms with Crippen molar-refractivity contribution in [1.82, 2.24) is 0 Å². The minimum absolute atomic E-state index is 0.417. The van der Waals surface area contributed by atoms with Crippen molar-refractivity contribution >= 4 is 0 Å². The van der Waals surface area contributed by atoms with Gasteiger partial charge in [0.15, 0.2) is 0 Å². The summed E-state index contributed by atoms with van der Waals surface area (Å²) in [6.45, 7) is 15.0. The first-order chi connectivity index (χ1) is 9.66. The Labute approximate surface area is 131 Å². The molecule has 0 amide bonds. The number of hydrogen-bond donors (Lipinski definition) is 0. The van der Waals surface area contributed by atoms with Gasteiger partial charge in [0.05, 0.1) is 37.5 Å². The molecule has 0 aromatic heterocycles. The minimum atomic E-state index is -0.417. The Morgan fingerprint density at radius 2 is 0.800 bits per heavy atom. The highest BCUT2D eigenvalue weighted by atomic mass is 35.6. The van der Waals surface area contributed by atoms with Gasteiger partial charge in [0.1, 0.15) is 0 Å². The summed E-state index contributed by atoms with van der Waals surface area (Å²) < 4.78 is 17.9. The lowest BCUT2D eigenvalue weighted by molar-refractivity contribution is -1.41. The average molecular weight is 310 g/mol. The molecule has 0 aliphatic heterocycles. The van der Waals surface area contributed by atoms with Gasteiger partial charge >= 0.3 is 0 Å². The molecule has 0 radical (unpaired) electrons. The maximum Gasteiger partial charge on any atom is 0.0878 e. The second-order valence-corrected chi connectivity index (χ2v) is 5.84. The molecule has 0 atom stereocenters. The first kappa shape index (κ1) is 22.5. The summed E-state index contributed by atoms with van der Waals surface area (Å²) in [5.74, 6) is 0. The molecule has 0 heterocycles. The third-order valence-corrected chi connectivity index (χ3v) is 3.94. The lowest BCUT2D eigenvalue weighted by Crippen LogP contribution is -2.50. The van der Waals surface area contributed by atoms with Crippen LogP contribution in [0.25, 0.3) is 0 Å². The van der Waals surface area contributed by atoms with Crippen LogP contribution in [-0.2, 0) is 0 Å². The number of rotatable bonds is 12. The first-order valence-corrected chi connectivity index (χ1v) is 9.02. The van der Waals surface area contributed by atoms with Gasteiger partial charge in [-0.25, -0.2) is 0 Å². The average Bonchev–Trinajstić information content (AvgIpc) is 2.46. The van der Waals surface area contributed by atoms with Crippen LogP contribution < -0.4 is 9.32 Å². The topological polar surface area (TPSA) is 46.1 Å². The predicted molar refractivity (Wildman–Crippen MR) is 79.4 cm³/mol. The minimum Gasteiger partial charge on any atom is -0.544 e. The van der Waals surface area contributed by atoms with Crippen LogP contribution in [0, 0.1) is 11.3 Å². The smallest absolute Gasteiger partial charge is 0.0878 e. The van der Waals surface area contributed by atoms with Crippen LogP contribution in [0.3, 0.4) is 0 Å². The van der Waals surface area contributed by atoms with Crippen molar-refractivity contribution in [2.75, 3.05) is 26.2 Å². The summed E-state index contributed by atoms with van der Waals surface area (Å²) in [5, 5.41) is 0. The van der Waals surface area contributed by atoms with Crippen molar-refractivity contribution in [3.63, 3.8) is 0 Å². The van der Waals surface area contributed by atoms with E-state index in [4.69, 9.17) is 9.32 Å². The molecule has 0 unspecified atom stereocenters. The first-order valence-electron chi connectivity index (χ1n) is 8.40. The van der Waals surface area contributed by atoms with Crippen molar-refractivity contribution in [2.45, 2.75) is 79.1 Å². The van der Waals surface area contributed by atoms with Crippen LogP contribution in [0.2, 0.25) is 0 Å². The SMILES string of the molecule is CCCC[N+](CCCC)(CCCC)CCCC.[O-][Cl+][O-]. The number of hydrogen-bond acceptors (Lipinski definition) is 2. The molecule has 0 aromatic carbocycles. The lowest BCUT2D eigenvalue weighted by atomic mass is 10.1. The molecule has 0 aliphatic carbocycles. The normalized spacial score (nSPS) is 11.1. The molecule has 0 aromatic rings. The zero-order valence-electron chi connectivity index (χ0n) is 14.1. The Morgan fingerprint density at radius 1 is 0.600 bits per heavy atom. The molecule has 0 fully saturated rings. The molecular formula is C16H36ClNO2. The molecule has 0 saturated carbocycles. The fourth-order valence-corrected chi connectivity index (χ4v) is 2.64. The number of unbranched alkanes of at least 4 members (excludes halogenated alkanes) is 4. The zero-order valence-corrected chi connectivity index (χ0v) is 14.9. The molecular weight excluding hydrogens is 274 g/mol. The van der Waals surface area contributed by atoms with Crippen molar-refractivity contribution in [2.24, 2.45) is 0 Å². The Balaban J connectivity index is 0. The molecule has 0 aliphatic rings. The van der Waals surface area contributed by atoms with Crippen molar-refractivity contribution in [1.29, 1.82) is 0 Å².